The highest BCUT2D eigenvalue weighted by molar-refractivity contribution is 6.32. The van der Waals surface area contributed by atoms with Gasteiger partial charge in [0.05, 0.1) is 18.2 Å². The molecule has 0 radical (unpaired) electrons. The Kier molecular flexibility index (Phi) is 7.64. The van der Waals surface area contributed by atoms with E-state index in [0.717, 1.165) is 44.6 Å². The Morgan fingerprint density at radius 2 is 1.94 bits per heavy atom. The van der Waals surface area contributed by atoms with Crippen molar-refractivity contribution in [3.05, 3.63) is 23.2 Å². The van der Waals surface area contributed by atoms with Crippen LogP contribution in [0.15, 0.2) is 28.2 Å². The van der Waals surface area contributed by atoms with Gasteiger partial charge in [0, 0.05) is 31.5 Å². The number of hydrogen-bond donors (Lipinski definition) is 0. The van der Waals surface area contributed by atoms with E-state index in [1.807, 2.05) is 18.5 Å². The van der Waals surface area contributed by atoms with Crippen LogP contribution < -0.4 is 9.22 Å². The Bertz CT molecular complexity index is 794. The molecule has 2 heterocycles. The molecular weight excluding hydrogens is 412 g/mol. The smallest absolute Gasteiger partial charge is 0.306 e. The summed E-state index contributed by atoms with van der Waals surface area (Å²) in [4.78, 5) is 11.8. The van der Waals surface area contributed by atoms with Gasteiger partial charge in [-0.3, -0.25) is 0 Å². The minimum Gasteiger partial charge on any atom is -0.495 e. The van der Waals surface area contributed by atoms with Crippen molar-refractivity contribution in [2.45, 2.75) is 76.8 Å². The van der Waals surface area contributed by atoms with Crippen molar-refractivity contribution in [1.82, 2.24) is 9.38 Å². The van der Waals surface area contributed by atoms with E-state index in [-0.39, 0.29) is 12.5 Å². The number of likely N-dealkylation sites (tertiary alicyclic amines) is 1. The number of methoxy groups -OCH3 is 1. The Labute approximate surface area is 191 Å². The highest BCUT2D eigenvalue weighted by atomic mass is 35.5. The lowest BCUT2D eigenvalue weighted by atomic mass is 10.0. The van der Waals surface area contributed by atoms with E-state index >= 15 is 0 Å². The zero-order valence-corrected chi connectivity index (χ0v) is 19.6. The third-order valence-electron chi connectivity index (χ3n) is 7.12. The fourth-order valence-electron chi connectivity index (χ4n) is 5.38. The van der Waals surface area contributed by atoms with E-state index < -0.39 is 0 Å². The monoisotopic (exact) mass is 447 g/mol. The summed E-state index contributed by atoms with van der Waals surface area (Å²) >= 11 is 6.59. The van der Waals surface area contributed by atoms with Crippen LogP contribution in [0.1, 0.15) is 58.3 Å². The van der Waals surface area contributed by atoms with Crippen molar-refractivity contribution < 1.29 is 9.47 Å². The van der Waals surface area contributed by atoms with Gasteiger partial charge in [-0.15, -0.1) is 0 Å². The molecule has 0 aromatic heterocycles. The molecule has 1 saturated carbocycles. The average molecular weight is 448 g/mol. The fourth-order valence-corrected chi connectivity index (χ4v) is 5.64. The lowest BCUT2D eigenvalue weighted by Gasteiger charge is -2.45. The van der Waals surface area contributed by atoms with Crippen LogP contribution in [-0.4, -0.2) is 62.8 Å². The van der Waals surface area contributed by atoms with Crippen molar-refractivity contribution in [2.24, 2.45) is 9.98 Å². The van der Waals surface area contributed by atoms with E-state index in [2.05, 4.69) is 22.9 Å². The van der Waals surface area contributed by atoms with Gasteiger partial charge in [-0.05, 0) is 44.8 Å². The molecule has 2 fully saturated rings. The van der Waals surface area contributed by atoms with Crippen molar-refractivity contribution in [3.8, 4) is 5.75 Å². The van der Waals surface area contributed by atoms with E-state index in [4.69, 9.17) is 26.1 Å². The van der Waals surface area contributed by atoms with Crippen molar-refractivity contribution in [1.29, 1.82) is 0 Å². The largest absolute Gasteiger partial charge is 0.495 e. The van der Waals surface area contributed by atoms with Gasteiger partial charge in [-0.2, -0.15) is 9.98 Å². The van der Waals surface area contributed by atoms with Crippen molar-refractivity contribution in [3.63, 3.8) is 0 Å². The molecule has 0 spiro atoms. The van der Waals surface area contributed by atoms with E-state index in [9.17, 15) is 0 Å². The molecule has 3 atom stereocenters. The summed E-state index contributed by atoms with van der Waals surface area (Å²) in [6, 6.07) is 6.45. The first-order valence-electron chi connectivity index (χ1n) is 11.8. The van der Waals surface area contributed by atoms with Gasteiger partial charge in [0.15, 0.2) is 0 Å². The molecule has 1 saturated heterocycles. The SMILES string of the molecule is CCN1CCCC(OC2N=CN=C[N+]2(c2ccc(OC)c(Cl)c2)C2CCCCCC2)C1. The van der Waals surface area contributed by atoms with E-state index in [1.165, 1.54) is 32.1 Å². The van der Waals surface area contributed by atoms with Crippen LogP contribution in [0.5, 0.6) is 5.75 Å². The molecule has 1 aromatic rings. The van der Waals surface area contributed by atoms with E-state index in [0.29, 0.717) is 21.3 Å². The molecule has 3 aliphatic rings. The Morgan fingerprint density at radius 3 is 2.65 bits per heavy atom. The summed E-state index contributed by atoms with van der Waals surface area (Å²) in [6.45, 7) is 5.40. The number of hydrogen-bond acceptors (Lipinski definition) is 5. The molecular formula is C24H36ClN4O2+. The van der Waals surface area contributed by atoms with Crippen LogP contribution in [-0.2, 0) is 4.74 Å². The van der Waals surface area contributed by atoms with Crippen LogP contribution in [0.2, 0.25) is 5.02 Å². The predicted octanol–water partition coefficient (Wildman–Crippen LogP) is 5.23. The highest BCUT2D eigenvalue weighted by Crippen LogP contribution is 2.40. The highest BCUT2D eigenvalue weighted by Gasteiger charge is 2.48. The summed E-state index contributed by atoms with van der Waals surface area (Å²) in [6.07, 6.45) is 13.1. The number of likely N-dealkylation sites (N-methyl/N-ethyl adjacent to an activating group) is 1. The first kappa shape index (κ1) is 22.7. The number of quaternary nitrogens is 1. The van der Waals surface area contributed by atoms with Gasteiger partial charge >= 0.3 is 6.35 Å². The second kappa shape index (κ2) is 10.4. The first-order valence-corrected chi connectivity index (χ1v) is 12.2. The van der Waals surface area contributed by atoms with Gasteiger partial charge in [0.25, 0.3) is 0 Å². The normalized spacial score (nSPS) is 30.3. The molecule has 4 rings (SSSR count). The zero-order chi connectivity index (χ0) is 21.7. The van der Waals surface area contributed by atoms with Gasteiger partial charge in [-0.25, -0.2) is 4.48 Å². The number of rotatable bonds is 6. The number of aliphatic imine (C=N–C) groups is 2. The maximum atomic E-state index is 6.79. The minimum absolute atomic E-state index is 0.180. The molecule has 1 aliphatic carbocycles. The van der Waals surface area contributed by atoms with Crippen molar-refractivity contribution >= 4 is 30.0 Å². The second-order valence-electron chi connectivity index (χ2n) is 8.95. The molecule has 2 aliphatic heterocycles. The topological polar surface area (TPSA) is 46.4 Å². The summed E-state index contributed by atoms with van der Waals surface area (Å²) in [7, 11) is 1.65. The molecule has 0 bridgehead atoms. The standard InChI is InChI=1S/C24H36ClN4O2/c1-3-28-14-8-11-21(16-28)31-24-27-17-26-18-29(24,19-9-6-4-5-7-10-19)20-12-13-23(30-2)22(25)15-20/h12-13,15,17-19,21,24H,3-11,14,16H2,1-2H3/q+1. The predicted molar refractivity (Wildman–Crippen MR) is 128 cm³/mol. The van der Waals surface area contributed by atoms with Crippen LogP contribution in [0.4, 0.5) is 5.69 Å². The van der Waals surface area contributed by atoms with Gasteiger partial charge in [0.1, 0.15) is 23.8 Å². The number of nitrogens with zero attached hydrogens (tertiary/aromatic N) is 4. The Hall–Kier alpha value is -1.47. The van der Waals surface area contributed by atoms with E-state index in [1.54, 1.807) is 13.4 Å². The van der Waals surface area contributed by atoms with Gasteiger partial charge < -0.3 is 14.4 Å². The molecule has 0 amide bonds. The van der Waals surface area contributed by atoms with Crippen LogP contribution in [0.3, 0.4) is 0 Å². The number of ether oxygens (including phenoxy) is 2. The molecule has 7 heteroatoms. The molecule has 3 unspecified atom stereocenters. The molecule has 170 valence electrons. The third-order valence-corrected chi connectivity index (χ3v) is 7.41. The summed E-state index contributed by atoms with van der Waals surface area (Å²) < 4.78 is 12.7. The second-order valence-corrected chi connectivity index (χ2v) is 9.35. The number of piperidine rings is 1. The maximum Gasteiger partial charge on any atom is 0.306 e. The maximum absolute atomic E-state index is 6.79. The summed E-state index contributed by atoms with van der Waals surface area (Å²) in [5, 5.41) is 0.614. The fraction of sp³-hybridized carbons (Fsp3) is 0.667. The lowest BCUT2D eigenvalue weighted by Crippen LogP contribution is -2.64. The summed E-state index contributed by atoms with van der Waals surface area (Å²) in [5.74, 6) is 0.685. The number of halogens is 1. The third kappa shape index (κ3) is 4.82. The van der Waals surface area contributed by atoms with Crippen molar-refractivity contribution in [2.75, 3.05) is 26.7 Å². The number of benzene rings is 1. The Morgan fingerprint density at radius 1 is 1.13 bits per heavy atom. The molecule has 6 nitrogen and oxygen atoms in total. The molecule has 0 N–H and O–H groups in total. The van der Waals surface area contributed by atoms with Gasteiger partial charge in [-0.1, -0.05) is 31.4 Å². The Balaban J connectivity index is 1.71. The quantitative estimate of drug-likeness (QED) is 0.443. The minimum atomic E-state index is -0.341. The van der Waals surface area contributed by atoms with Crippen LogP contribution in [0.25, 0.3) is 0 Å². The van der Waals surface area contributed by atoms with Crippen LogP contribution in [0, 0.1) is 0 Å². The molecule has 31 heavy (non-hydrogen) atoms. The van der Waals surface area contributed by atoms with Gasteiger partial charge in [0.2, 0.25) is 6.34 Å². The molecule has 1 aromatic carbocycles. The van der Waals surface area contributed by atoms with Crippen LogP contribution >= 0.6 is 11.6 Å². The average Bonchev–Trinajstić information content (AvgIpc) is 3.09. The zero-order valence-electron chi connectivity index (χ0n) is 18.9. The summed E-state index contributed by atoms with van der Waals surface area (Å²) in [5.41, 5.74) is 1.08. The lowest BCUT2D eigenvalue weighted by molar-refractivity contribution is -0.0980. The first-order chi connectivity index (χ1) is 15.2.